The lowest BCUT2D eigenvalue weighted by molar-refractivity contribution is 0.0956. The van der Waals surface area contributed by atoms with Gasteiger partial charge in [-0.2, -0.15) is 0 Å². The molecular formula is C20H19N5O2S. The Bertz CT molecular complexity index is 1180. The smallest absolute Gasteiger partial charge is 0.350 e. The normalized spacial score (nSPS) is 11.0. The first-order valence-electron chi connectivity index (χ1n) is 8.99. The number of fused-ring (bicyclic) bond motifs is 1. The maximum Gasteiger partial charge on any atom is 0.350 e. The molecule has 3 heterocycles. The van der Waals surface area contributed by atoms with Crippen LogP contribution in [0.15, 0.2) is 59.5 Å². The molecule has 8 heteroatoms. The number of hydrogen-bond donors (Lipinski definition) is 1. The Kier molecular flexibility index (Phi) is 5.03. The largest absolute Gasteiger partial charge is 0.351 e. The van der Waals surface area contributed by atoms with Gasteiger partial charge in [0.1, 0.15) is 9.88 Å². The first-order chi connectivity index (χ1) is 13.6. The van der Waals surface area contributed by atoms with Crippen molar-refractivity contribution in [3.8, 4) is 10.6 Å². The number of benzene rings is 1. The molecule has 0 aliphatic rings. The van der Waals surface area contributed by atoms with Crippen LogP contribution in [0.1, 0.15) is 21.8 Å². The minimum Gasteiger partial charge on any atom is -0.351 e. The summed E-state index contributed by atoms with van der Waals surface area (Å²) >= 11 is 1.39. The molecule has 3 aromatic heterocycles. The van der Waals surface area contributed by atoms with Crippen molar-refractivity contribution >= 4 is 22.9 Å². The van der Waals surface area contributed by atoms with Gasteiger partial charge in [0.25, 0.3) is 5.91 Å². The van der Waals surface area contributed by atoms with Gasteiger partial charge in [-0.1, -0.05) is 36.4 Å². The summed E-state index contributed by atoms with van der Waals surface area (Å²) in [4.78, 5) is 29.9. The Labute approximate surface area is 165 Å². The summed E-state index contributed by atoms with van der Waals surface area (Å²) in [6, 6.07) is 15.2. The predicted octanol–water partition coefficient (Wildman–Crippen LogP) is 2.75. The highest BCUT2D eigenvalue weighted by molar-refractivity contribution is 7.17. The van der Waals surface area contributed by atoms with Crippen molar-refractivity contribution in [3.05, 3.63) is 75.8 Å². The molecule has 0 radical (unpaired) electrons. The monoisotopic (exact) mass is 393 g/mol. The number of aryl methyl sites for hydroxylation is 2. The van der Waals surface area contributed by atoms with Crippen LogP contribution in [0.5, 0.6) is 0 Å². The number of nitrogens with one attached hydrogen (secondary N) is 1. The van der Waals surface area contributed by atoms with E-state index in [0.717, 1.165) is 16.3 Å². The highest BCUT2D eigenvalue weighted by Crippen LogP contribution is 2.27. The Morgan fingerprint density at radius 2 is 1.93 bits per heavy atom. The molecule has 1 aromatic carbocycles. The van der Waals surface area contributed by atoms with E-state index in [-0.39, 0.29) is 11.6 Å². The molecule has 0 saturated heterocycles. The second-order valence-corrected chi connectivity index (χ2v) is 7.34. The van der Waals surface area contributed by atoms with Crippen LogP contribution >= 0.6 is 11.3 Å². The summed E-state index contributed by atoms with van der Waals surface area (Å²) < 4.78 is 2.93. The van der Waals surface area contributed by atoms with E-state index in [1.807, 2.05) is 43.3 Å². The molecule has 0 fully saturated rings. The van der Waals surface area contributed by atoms with E-state index < -0.39 is 0 Å². The Hall–Kier alpha value is -3.26. The average Bonchev–Trinajstić information content (AvgIpc) is 3.26. The fraction of sp³-hybridized carbons (Fsp3) is 0.200. The van der Waals surface area contributed by atoms with Crippen molar-refractivity contribution in [1.29, 1.82) is 0 Å². The van der Waals surface area contributed by atoms with Crippen LogP contribution in [0.3, 0.4) is 0 Å². The van der Waals surface area contributed by atoms with Gasteiger partial charge < -0.3 is 5.32 Å². The van der Waals surface area contributed by atoms with Gasteiger partial charge in [-0.05, 0) is 25.5 Å². The third-order valence-electron chi connectivity index (χ3n) is 4.34. The second kappa shape index (κ2) is 7.77. The molecule has 7 nitrogen and oxygen atoms in total. The summed E-state index contributed by atoms with van der Waals surface area (Å²) in [5.74, 6) is -0.139. The SMILES string of the molecule is Cc1nc(-c2ccccc2)sc1C(=O)NCCCn1nc2ccccn2c1=O. The highest BCUT2D eigenvalue weighted by atomic mass is 32.1. The van der Waals surface area contributed by atoms with Gasteiger partial charge in [0.15, 0.2) is 5.65 Å². The van der Waals surface area contributed by atoms with Gasteiger partial charge in [-0.25, -0.2) is 14.5 Å². The topological polar surface area (TPSA) is 81.3 Å². The molecule has 4 rings (SSSR count). The van der Waals surface area contributed by atoms with Crippen molar-refractivity contribution in [2.45, 2.75) is 19.9 Å². The van der Waals surface area contributed by atoms with Crippen LogP contribution in [0.25, 0.3) is 16.2 Å². The average molecular weight is 393 g/mol. The van der Waals surface area contributed by atoms with Gasteiger partial charge in [-0.3, -0.25) is 9.20 Å². The second-order valence-electron chi connectivity index (χ2n) is 6.34. The van der Waals surface area contributed by atoms with Crippen LogP contribution in [-0.4, -0.2) is 31.6 Å². The van der Waals surface area contributed by atoms with Crippen LogP contribution in [0.4, 0.5) is 0 Å². The Balaban J connectivity index is 1.36. The maximum absolute atomic E-state index is 12.5. The van der Waals surface area contributed by atoms with Gasteiger partial charge in [0.2, 0.25) is 0 Å². The van der Waals surface area contributed by atoms with Gasteiger partial charge in [-0.15, -0.1) is 16.4 Å². The zero-order valence-electron chi connectivity index (χ0n) is 15.3. The van der Waals surface area contributed by atoms with E-state index in [9.17, 15) is 9.59 Å². The Morgan fingerprint density at radius 1 is 1.14 bits per heavy atom. The van der Waals surface area contributed by atoms with E-state index in [4.69, 9.17) is 0 Å². The number of amides is 1. The standard InChI is InChI=1S/C20H19N5O2S/c1-14-17(28-19(22-14)15-8-3-2-4-9-15)18(26)21-11-7-13-25-20(27)24-12-6-5-10-16(24)23-25/h2-6,8-10,12H,7,11,13H2,1H3,(H,21,26). The summed E-state index contributed by atoms with van der Waals surface area (Å²) in [6.45, 7) is 2.74. The van der Waals surface area contributed by atoms with Crippen LogP contribution in [-0.2, 0) is 6.54 Å². The zero-order valence-corrected chi connectivity index (χ0v) is 16.1. The lowest BCUT2D eigenvalue weighted by atomic mass is 10.2. The number of thiazole rings is 1. The maximum atomic E-state index is 12.5. The zero-order chi connectivity index (χ0) is 19.5. The van der Waals surface area contributed by atoms with Gasteiger partial charge in [0, 0.05) is 24.8 Å². The van der Waals surface area contributed by atoms with Crippen molar-refractivity contribution < 1.29 is 4.79 Å². The number of carbonyl (C=O) groups is 1. The Morgan fingerprint density at radius 3 is 2.71 bits per heavy atom. The van der Waals surface area contributed by atoms with Crippen LogP contribution < -0.4 is 11.0 Å². The van der Waals surface area contributed by atoms with Crippen molar-refractivity contribution in [1.82, 2.24) is 24.5 Å². The number of nitrogens with zero attached hydrogens (tertiary/aromatic N) is 4. The molecule has 142 valence electrons. The minimum absolute atomic E-state index is 0.139. The fourth-order valence-corrected chi connectivity index (χ4v) is 3.92. The van der Waals surface area contributed by atoms with Crippen molar-refractivity contribution in [2.75, 3.05) is 6.54 Å². The summed E-state index contributed by atoms with van der Waals surface area (Å²) in [7, 11) is 0. The molecular weight excluding hydrogens is 374 g/mol. The minimum atomic E-state index is -0.173. The quantitative estimate of drug-likeness (QED) is 0.511. The first kappa shape index (κ1) is 18.1. The third kappa shape index (κ3) is 3.59. The predicted molar refractivity (Wildman–Crippen MR) is 109 cm³/mol. The molecule has 1 N–H and O–H groups in total. The summed E-state index contributed by atoms with van der Waals surface area (Å²) in [5, 5.41) is 8.03. The molecule has 1 amide bonds. The van der Waals surface area contributed by atoms with Crippen molar-refractivity contribution in [2.24, 2.45) is 0 Å². The molecule has 0 saturated carbocycles. The lowest BCUT2D eigenvalue weighted by Gasteiger charge is -2.03. The van der Waals surface area contributed by atoms with E-state index in [2.05, 4.69) is 15.4 Å². The molecule has 0 aliphatic heterocycles. The van der Waals surface area contributed by atoms with Crippen molar-refractivity contribution in [3.63, 3.8) is 0 Å². The molecule has 0 unspecified atom stereocenters. The molecule has 0 spiro atoms. The van der Waals surface area contributed by atoms with E-state index in [1.165, 1.54) is 20.4 Å². The third-order valence-corrected chi connectivity index (χ3v) is 5.55. The van der Waals surface area contributed by atoms with Gasteiger partial charge in [0.05, 0.1) is 5.69 Å². The molecule has 0 atom stereocenters. The summed E-state index contributed by atoms with van der Waals surface area (Å²) in [6.07, 6.45) is 2.30. The molecule has 4 aromatic rings. The molecule has 0 aliphatic carbocycles. The molecule has 28 heavy (non-hydrogen) atoms. The van der Waals surface area contributed by atoms with E-state index in [0.29, 0.717) is 30.0 Å². The number of carbonyl (C=O) groups excluding carboxylic acids is 1. The number of pyridine rings is 1. The molecule has 0 bridgehead atoms. The fourth-order valence-electron chi connectivity index (χ4n) is 2.94. The van der Waals surface area contributed by atoms with E-state index >= 15 is 0 Å². The van der Waals surface area contributed by atoms with E-state index in [1.54, 1.807) is 18.3 Å². The number of rotatable bonds is 6. The number of aromatic nitrogens is 4. The van der Waals surface area contributed by atoms with Gasteiger partial charge >= 0.3 is 5.69 Å². The summed E-state index contributed by atoms with van der Waals surface area (Å²) in [5.41, 5.74) is 2.16. The lowest BCUT2D eigenvalue weighted by Crippen LogP contribution is -2.27. The first-order valence-corrected chi connectivity index (χ1v) is 9.80. The highest BCUT2D eigenvalue weighted by Gasteiger charge is 2.16. The van der Waals surface area contributed by atoms with Crippen LogP contribution in [0.2, 0.25) is 0 Å². The van der Waals surface area contributed by atoms with Crippen LogP contribution in [0, 0.1) is 6.92 Å². The number of hydrogen-bond acceptors (Lipinski definition) is 5.